The molecule has 2 heterocycles. The van der Waals surface area contributed by atoms with E-state index in [9.17, 15) is 4.79 Å². The van der Waals surface area contributed by atoms with E-state index in [0.29, 0.717) is 17.2 Å². The van der Waals surface area contributed by atoms with E-state index in [2.05, 4.69) is 11.1 Å². The highest BCUT2D eigenvalue weighted by molar-refractivity contribution is 5.94. The van der Waals surface area contributed by atoms with Crippen molar-refractivity contribution in [2.45, 2.75) is 12.8 Å². The predicted molar refractivity (Wildman–Crippen MR) is 111 cm³/mol. The second-order valence-electron chi connectivity index (χ2n) is 7.27. The van der Waals surface area contributed by atoms with Crippen LogP contribution in [0.2, 0.25) is 0 Å². The Balaban J connectivity index is 1.34. The third kappa shape index (κ3) is 4.74. The number of ether oxygens (including phenoxy) is 2. The number of pyridine rings is 1. The Kier molecular flexibility index (Phi) is 5.75. The van der Waals surface area contributed by atoms with E-state index in [1.165, 1.54) is 5.56 Å². The Morgan fingerprint density at radius 3 is 2.38 bits per heavy atom. The van der Waals surface area contributed by atoms with Gasteiger partial charge < -0.3 is 14.4 Å². The third-order valence-electron chi connectivity index (χ3n) is 5.22. The number of methoxy groups -OCH3 is 1. The van der Waals surface area contributed by atoms with Crippen LogP contribution >= 0.6 is 0 Å². The predicted octanol–water partition coefficient (Wildman–Crippen LogP) is 4.59. The van der Waals surface area contributed by atoms with Gasteiger partial charge in [-0.3, -0.25) is 9.78 Å². The first kappa shape index (κ1) is 19.0. The second kappa shape index (κ2) is 8.78. The van der Waals surface area contributed by atoms with Gasteiger partial charge in [-0.2, -0.15) is 0 Å². The maximum atomic E-state index is 12.8. The Hall–Kier alpha value is -3.34. The van der Waals surface area contributed by atoms with Gasteiger partial charge in [0.05, 0.1) is 7.11 Å². The Labute approximate surface area is 170 Å². The van der Waals surface area contributed by atoms with Crippen molar-refractivity contribution in [2.75, 3.05) is 20.2 Å². The zero-order valence-electron chi connectivity index (χ0n) is 16.5. The van der Waals surface area contributed by atoms with Crippen molar-refractivity contribution < 1.29 is 14.3 Å². The van der Waals surface area contributed by atoms with E-state index < -0.39 is 0 Å². The number of nitrogens with zero attached hydrogens (tertiary/aromatic N) is 2. The summed E-state index contributed by atoms with van der Waals surface area (Å²) >= 11 is 0. The first-order valence-electron chi connectivity index (χ1n) is 9.81. The molecule has 148 valence electrons. The number of carbonyl (C=O) groups is 1. The van der Waals surface area contributed by atoms with Crippen molar-refractivity contribution >= 4 is 5.91 Å². The monoisotopic (exact) mass is 388 g/mol. The quantitative estimate of drug-likeness (QED) is 0.620. The van der Waals surface area contributed by atoms with Crippen molar-refractivity contribution in [3.8, 4) is 17.2 Å². The van der Waals surface area contributed by atoms with Crippen LogP contribution in [0.25, 0.3) is 0 Å². The fraction of sp³-hybridized carbons (Fsp3) is 0.250. The number of amides is 1. The lowest BCUT2D eigenvalue weighted by Gasteiger charge is -2.17. The van der Waals surface area contributed by atoms with E-state index in [0.717, 1.165) is 37.4 Å². The molecule has 1 aromatic heterocycles. The molecule has 2 aromatic carbocycles. The van der Waals surface area contributed by atoms with Gasteiger partial charge in [-0.25, -0.2) is 0 Å². The summed E-state index contributed by atoms with van der Waals surface area (Å²) in [6.45, 7) is 1.59. The third-order valence-corrected chi connectivity index (χ3v) is 5.22. The van der Waals surface area contributed by atoms with Crippen molar-refractivity contribution in [1.82, 2.24) is 9.88 Å². The molecule has 5 nitrogen and oxygen atoms in total. The van der Waals surface area contributed by atoms with Crippen LogP contribution in [0.1, 0.15) is 22.3 Å². The molecule has 0 radical (unpaired) electrons. The molecule has 5 heteroatoms. The minimum Gasteiger partial charge on any atom is -0.497 e. The number of hydrogen-bond acceptors (Lipinski definition) is 4. The van der Waals surface area contributed by atoms with E-state index in [-0.39, 0.29) is 5.91 Å². The topological polar surface area (TPSA) is 51.7 Å². The van der Waals surface area contributed by atoms with Gasteiger partial charge in [0.2, 0.25) is 0 Å². The normalized spacial score (nSPS) is 15.9. The summed E-state index contributed by atoms with van der Waals surface area (Å²) in [5.74, 6) is 2.77. The summed E-state index contributed by atoms with van der Waals surface area (Å²) in [5.41, 5.74) is 1.92. The molecule has 3 aromatic rings. The van der Waals surface area contributed by atoms with Crippen LogP contribution in [0.15, 0.2) is 73.1 Å². The fourth-order valence-electron chi connectivity index (χ4n) is 3.66. The molecule has 0 spiro atoms. The summed E-state index contributed by atoms with van der Waals surface area (Å²) in [5, 5.41) is 0. The standard InChI is InChI=1S/C24H24N2O3/c1-28-21-8-10-23(11-9-21)29-22-6-4-20(5-7-22)24(27)26-14-12-19(17-26)15-18-3-2-13-25-16-18/h2-11,13,16,19H,12,14-15,17H2,1H3. The van der Waals surface area contributed by atoms with E-state index in [1.807, 2.05) is 65.7 Å². The van der Waals surface area contributed by atoms with Crippen LogP contribution < -0.4 is 9.47 Å². The van der Waals surface area contributed by atoms with Gasteiger partial charge in [0.25, 0.3) is 5.91 Å². The Morgan fingerprint density at radius 2 is 1.72 bits per heavy atom. The van der Waals surface area contributed by atoms with Gasteiger partial charge in [-0.05, 0) is 78.9 Å². The lowest BCUT2D eigenvalue weighted by atomic mass is 10.00. The number of likely N-dealkylation sites (tertiary alicyclic amines) is 1. The van der Waals surface area contributed by atoms with E-state index >= 15 is 0 Å². The summed E-state index contributed by atoms with van der Waals surface area (Å²) in [4.78, 5) is 19.0. The average Bonchev–Trinajstić information content (AvgIpc) is 3.23. The zero-order chi connectivity index (χ0) is 20.1. The van der Waals surface area contributed by atoms with Crippen LogP contribution in [-0.4, -0.2) is 36.0 Å². The van der Waals surface area contributed by atoms with Gasteiger partial charge in [0.1, 0.15) is 17.2 Å². The zero-order valence-corrected chi connectivity index (χ0v) is 16.5. The molecule has 0 aliphatic carbocycles. The summed E-state index contributed by atoms with van der Waals surface area (Å²) in [6, 6.07) is 18.8. The highest BCUT2D eigenvalue weighted by Crippen LogP contribution is 2.26. The number of aromatic nitrogens is 1. The van der Waals surface area contributed by atoms with Gasteiger partial charge in [-0.15, -0.1) is 0 Å². The van der Waals surface area contributed by atoms with Crippen LogP contribution in [0, 0.1) is 5.92 Å². The maximum absolute atomic E-state index is 12.8. The largest absolute Gasteiger partial charge is 0.497 e. The average molecular weight is 388 g/mol. The Morgan fingerprint density at radius 1 is 1.03 bits per heavy atom. The van der Waals surface area contributed by atoms with Gasteiger partial charge >= 0.3 is 0 Å². The molecule has 1 atom stereocenters. The smallest absolute Gasteiger partial charge is 0.253 e. The molecule has 0 saturated carbocycles. The SMILES string of the molecule is COc1ccc(Oc2ccc(C(=O)N3CCC(Cc4cccnc4)C3)cc2)cc1. The number of rotatable bonds is 6. The highest BCUT2D eigenvalue weighted by Gasteiger charge is 2.27. The molecule has 29 heavy (non-hydrogen) atoms. The molecule has 1 amide bonds. The van der Waals surface area contributed by atoms with Crippen molar-refractivity contribution in [2.24, 2.45) is 5.92 Å². The molecule has 1 aliphatic heterocycles. The van der Waals surface area contributed by atoms with Crippen molar-refractivity contribution in [3.05, 3.63) is 84.2 Å². The summed E-state index contributed by atoms with van der Waals surface area (Å²) in [7, 11) is 1.63. The van der Waals surface area contributed by atoms with Gasteiger partial charge in [0, 0.05) is 31.0 Å². The molecule has 1 unspecified atom stereocenters. The second-order valence-corrected chi connectivity index (χ2v) is 7.27. The Bertz CT molecular complexity index is 940. The maximum Gasteiger partial charge on any atom is 0.253 e. The first-order chi connectivity index (χ1) is 14.2. The lowest BCUT2D eigenvalue weighted by Crippen LogP contribution is -2.28. The van der Waals surface area contributed by atoms with E-state index in [1.54, 1.807) is 13.3 Å². The lowest BCUT2D eigenvalue weighted by molar-refractivity contribution is 0.0787. The molecular formula is C24H24N2O3. The van der Waals surface area contributed by atoms with Crippen LogP contribution in [-0.2, 0) is 6.42 Å². The summed E-state index contributed by atoms with van der Waals surface area (Å²) in [6.07, 6.45) is 5.69. The van der Waals surface area contributed by atoms with Crippen LogP contribution in [0.4, 0.5) is 0 Å². The van der Waals surface area contributed by atoms with Crippen molar-refractivity contribution in [1.29, 1.82) is 0 Å². The van der Waals surface area contributed by atoms with Crippen molar-refractivity contribution in [3.63, 3.8) is 0 Å². The fourth-order valence-corrected chi connectivity index (χ4v) is 3.66. The molecule has 1 fully saturated rings. The summed E-state index contributed by atoms with van der Waals surface area (Å²) < 4.78 is 11.0. The molecule has 0 N–H and O–H groups in total. The van der Waals surface area contributed by atoms with Gasteiger partial charge in [0.15, 0.2) is 0 Å². The molecule has 1 aliphatic rings. The first-order valence-corrected chi connectivity index (χ1v) is 9.81. The number of benzene rings is 2. The van der Waals surface area contributed by atoms with E-state index in [4.69, 9.17) is 9.47 Å². The number of carbonyl (C=O) groups excluding carboxylic acids is 1. The van der Waals surface area contributed by atoms with Gasteiger partial charge in [-0.1, -0.05) is 6.07 Å². The molecule has 0 bridgehead atoms. The molecular weight excluding hydrogens is 364 g/mol. The van der Waals surface area contributed by atoms with Crippen LogP contribution in [0.3, 0.4) is 0 Å². The highest BCUT2D eigenvalue weighted by atomic mass is 16.5. The van der Waals surface area contributed by atoms with Crippen LogP contribution in [0.5, 0.6) is 17.2 Å². The minimum atomic E-state index is 0.0784. The minimum absolute atomic E-state index is 0.0784. The number of hydrogen-bond donors (Lipinski definition) is 0. The molecule has 4 rings (SSSR count). The molecule has 1 saturated heterocycles.